The third-order valence-corrected chi connectivity index (χ3v) is 5.28. The summed E-state index contributed by atoms with van der Waals surface area (Å²) in [5, 5.41) is 3.11. The molecule has 0 radical (unpaired) electrons. The van der Waals surface area contributed by atoms with E-state index in [9.17, 15) is 8.42 Å². The Hall–Kier alpha value is 0.0500. The summed E-state index contributed by atoms with van der Waals surface area (Å²) in [5.41, 5.74) is 0. The highest BCUT2D eigenvalue weighted by Gasteiger charge is 2.19. The standard InChI is InChI=1S/C6H9BrN2O2S2/c1-9(2)8-13(10,11)6-5(7)3-4-12-6/h3-4,8H,1-2H3. The smallest absolute Gasteiger partial charge is 0.237 e. The second kappa shape index (κ2) is 4.05. The van der Waals surface area contributed by atoms with Gasteiger partial charge in [0.2, 0.25) is 0 Å². The number of sulfonamides is 1. The van der Waals surface area contributed by atoms with Gasteiger partial charge in [-0.1, -0.05) is 0 Å². The highest BCUT2D eigenvalue weighted by Crippen LogP contribution is 2.27. The minimum atomic E-state index is -3.40. The molecule has 4 nitrogen and oxygen atoms in total. The van der Waals surface area contributed by atoms with Gasteiger partial charge in [-0.05, 0) is 27.4 Å². The summed E-state index contributed by atoms with van der Waals surface area (Å²) in [6.45, 7) is 0. The van der Waals surface area contributed by atoms with Crippen LogP contribution in [-0.4, -0.2) is 27.5 Å². The monoisotopic (exact) mass is 284 g/mol. The molecular formula is C6H9BrN2O2S2. The lowest BCUT2D eigenvalue weighted by molar-refractivity contribution is 0.364. The van der Waals surface area contributed by atoms with Crippen molar-refractivity contribution in [2.24, 2.45) is 0 Å². The zero-order valence-electron chi connectivity index (χ0n) is 7.11. The lowest BCUT2D eigenvalue weighted by Gasteiger charge is -2.11. The quantitative estimate of drug-likeness (QED) is 0.851. The van der Waals surface area contributed by atoms with Crippen LogP contribution in [0.3, 0.4) is 0 Å². The lowest BCUT2D eigenvalue weighted by Crippen LogP contribution is -2.35. The van der Waals surface area contributed by atoms with Crippen LogP contribution in [0.1, 0.15) is 0 Å². The largest absolute Gasteiger partial charge is 0.264 e. The number of halogens is 1. The van der Waals surface area contributed by atoms with Crippen molar-refractivity contribution >= 4 is 37.3 Å². The first kappa shape index (κ1) is 11.1. The average molecular weight is 285 g/mol. The molecule has 1 aromatic heterocycles. The van der Waals surface area contributed by atoms with Crippen LogP contribution in [-0.2, 0) is 10.0 Å². The molecule has 1 aromatic rings. The maximum atomic E-state index is 11.6. The SMILES string of the molecule is CN(C)NS(=O)(=O)c1sccc1Br. The number of nitrogens with zero attached hydrogens (tertiary/aromatic N) is 1. The van der Waals surface area contributed by atoms with Crippen molar-refractivity contribution in [3.8, 4) is 0 Å². The van der Waals surface area contributed by atoms with Gasteiger partial charge in [-0.15, -0.1) is 16.2 Å². The molecule has 7 heteroatoms. The van der Waals surface area contributed by atoms with E-state index < -0.39 is 10.0 Å². The summed E-state index contributed by atoms with van der Waals surface area (Å²) >= 11 is 4.34. The summed E-state index contributed by atoms with van der Waals surface area (Å²) in [6.07, 6.45) is 0. The molecule has 74 valence electrons. The number of nitrogens with one attached hydrogen (secondary N) is 1. The number of hydrogen-bond acceptors (Lipinski definition) is 4. The van der Waals surface area contributed by atoms with Gasteiger partial charge >= 0.3 is 0 Å². The molecule has 0 aromatic carbocycles. The molecular weight excluding hydrogens is 276 g/mol. The predicted octanol–water partition coefficient (Wildman–Crippen LogP) is 1.27. The Kier molecular flexibility index (Phi) is 3.47. The molecule has 0 unspecified atom stereocenters. The Labute approximate surface area is 89.7 Å². The maximum absolute atomic E-state index is 11.6. The minimum absolute atomic E-state index is 0.293. The van der Waals surface area contributed by atoms with Gasteiger partial charge in [-0.3, -0.25) is 0 Å². The number of rotatable bonds is 3. The van der Waals surface area contributed by atoms with E-state index in [4.69, 9.17) is 0 Å². The first-order valence-corrected chi connectivity index (χ1v) is 6.52. The van der Waals surface area contributed by atoms with Crippen molar-refractivity contribution in [1.82, 2.24) is 9.84 Å². The van der Waals surface area contributed by atoms with Gasteiger partial charge in [-0.2, -0.15) is 0 Å². The van der Waals surface area contributed by atoms with E-state index in [1.54, 1.807) is 25.5 Å². The lowest BCUT2D eigenvalue weighted by atomic mass is 10.7. The molecule has 1 N–H and O–H groups in total. The van der Waals surface area contributed by atoms with Crippen LogP contribution in [0, 0.1) is 0 Å². The summed E-state index contributed by atoms with van der Waals surface area (Å²) < 4.78 is 24.0. The van der Waals surface area contributed by atoms with Gasteiger partial charge in [0.1, 0.15) is 4.21 Å². The van der Waals surface area contributed by atoms with Crippen molar-refractivity contribution in [3.05, 3.63) is 15.9 Å². The highest BCUT2D eigenvalue weighted by molar-refractivity contribution is 9.10. The van der Waals surface area contributed by atoms with Gasteiger partial charge in [-0.25, -0.2) is 13.4 Å². The molecule has 0 aliphatic heterocycles. The van der Waals surface area contributed by atoms with E-state index in [2.05, 4.69) is 20.8 Å². The fraction of sp³-hybridized carbons (Fsp3) is 0.333. The molecule has 1 heterocycles. The first-order chi connectivity index (χ1) is 5.93. The molecule has 13 heavy (non-hydrogen) atoms. The summed E-state index contributed by atoms with van der Waals surface area (Å²) in [7, 11) is -0.151. The van der Waals surface area contributed by atoms with Crippen molar-refractivity contribution in [3.63, 3.8) is 0 Å². The second-order valence-electron chi connectivity index (χ2n) is 2.55. The molecule has 0 saturated heterocycles. The topological polar surface area (TPSA) is 49.4 Å². The van der Waals surface area contributed by atoms with Gasteiger partial charge in [0.05, 0.1) is 0 Å². The van der Waals surface area contributed by atoms with E-state index in [-0.39, 0.29) is 0 Å². The first-order valence-electron chi connectivity index (χ1n) is 3.36. The van der Waals surface area contributed by atoms with E-state index in [0.717, 1.165) is 0 Å². The Morgan fingerprint density at radius 3 is 2.54 bits per heavy atom. The van der Waals surface area contributed by atoms with E-state index in [1.165, 1.54) is 16.3 Å². The molecule has 0 fully saturated rings. The number of hydrazine groups is 1. The highest BCUT2D eigenvalue weighted by atomic mass is 79.9. The summed E-state index contributed by atoms with van der Waals surface area (Å²) in [6, 6.07) is 1.70. The van der Waals surface area contributed by atoms with Crippen molar-refractivity contribution < 1.29 is 8.42 Å². The second-order valence-corrected chi connectivity index (χ2v) is 6.17. The fourth-order valence-corrected chi connectivity index (χ4v) is 4.16. The van der Waals surface area contributed by atoms with E-state index in [0.29, 0.717) is 8.68 Å². The Morgan fingerprint density at radius 2 is 2.15 bits per heavy atom. The molecule has 1 rings (SSSR count). The van der Waals surface area contributed by atoms with Crippen LogP contribution in [0.25, 0.3) is 0 Å². The van der Waals surface area contributed by atoms with Crippen LogP contribution in [0.2, 0.25) is 0 Å². The maximum Gasteiger partial charge on any atom is 0.264 e. The molecule has 0 aliphatic rings. The van der Waals surface area contributed by atoms with Crippen molar-refractivity contribution in [2.45, 2.75) is 4.21 Å². The average Bonchev–Trinajstić information content (AvgIpc) is 2.32. The van der Waals surface area contributed by atoms with E-state index in [1.807, 2.05) is 0 Å². The molecule has 0 atom stereocenters. The third kappa shape index (κ3) is 2.75. The summed E-state index contributed by atoms with van der Waals surface area (Å²) in [5.74, 6) is 0. The van der Waals surface area contributed by atoms with Crippen LogP contribution in [0.15, 0.2) is 20.1 Å². The van der Waals surface area contributed by atoms with Crippen LogP contribution in [0.4, 0.5) is 0 Å². The van der Waals surface area contributed by atoms with Crippen LogP contribution < -0.4 is 4.83 Å². The Balaban J connectivity index is 3.02. The molecule has 0 amide bonds. The van der Waals surface area contributed by atoms with Crippen LogP contribution in [0.5, 0.6) is 0 Å². The van der Waals surface area contributed by atoms with Crippen molar-refractivity contribution in [2.75, 3.05) is 14.1 Å². The van der Waals surface area contributed by atoms with Gasteiger partial charge in [0, 0.05) is 18.6 Å². The van der Waals surface area contributed by atoms with Gasteiger partial charge in [0.15, 0.2) is 0 Å². The molecule has 0 bridgehead atoms. The number of thiophene rings is 1. The van der Waals surface area contributed by atoms with Gasteiger partial charge in [0.25, 0.3) is 10.0 Å². The Bertz CT molecular complexity index is 385. The number of hydrogen-bond donors (Lipinski definition) is 1. The zero-order chi connectivity index (χ0) is 10.1. The Morgan fingerprint density at radius 1 is 1.54 bits per heavy atom. The summed E-state index contributed by atoms with van der Waals surface area (Å²) in [4.78, 5) is 2.35. The zero-order valence-corrected chi connectivity index (χ0v) is 10.3. The predicted molar refractivity (Wildman–Crippen MR) is 56.0 cm³/mol. The molecule has 0 spiro atoms. The normalized spacial score (nSPS) is 12.3. The van der Waals surface area contributed by atoms with E-state index >= 15 is 0 Å². The van der Waals surface area contributed by atoms with Crippen LogP contribution >= 0.6 is 27.3 Å². The van der Waals surface area contributed by atoms with Crippen molar-refractivity contribution in [1.29, 1.82) is 0 Å². The molecule has 0 saturated carbocycles. The minimum Gasteiger partial charge on any atom is -0.237 e. The third-order valence-electron chi connectivity index (χ3n) is 1.13. The fourth-order valence-electron chi connectivity index (χ4n) is 0.753. The van der Waals surface area contributed by atoms with Gasteiger partial charge < -0.3 is 0 Å². The molecule has 0 aliphatic carbocycles.